The van der Waals surface area contributed by atoms with E-state index in [2.05, 4.69) is 39.6 Å². The first-order valence-corrected chi connectivity index (χ1v) is 14.7. The quantitative estimate of drug-likeness (QED) is 0.421. The van der Waals surface area contributed by atoms with Gasteiger partial charge in [0.05, 0.1) is 24.7 Å². The SMILES string of the molecule is C=C(CO)[C@@H]1CC[C@]2(C(=O)NC)CC[C@]3(C)C(CC[C@@H]4[C@@]5(C)CCC(O)[C@@](C)(CO)[C@@H]5CC[C@]43C)[C@@H]12. The lowest BCUT2D eigenvalue weighted by Gasteiger charge is -2.73. The normalized spacial score (nSPS) is 54.0. The topological polar surface area (TPSA) is 89.8 Å². The van der Waals surface area contributed by atoms with Crippen molar-refractivity contribution in [3.8, 4) is 0 Å². The first kappa shape index (κ1) is 26.7. The molecule has 0 aliphatic heterocycles. The Morgan fingerprint density at radius 3 is 2.25 bits per heavy atom. The van der Waals surface area contributed by atoms with Gasteiger partial charge in [-0.05, 0) is 116 Å². The van der Waals surface area contributed by atoms with Gasteiger partial charge in [-0.25, -0.2) is 0 Å². The molecule has 1 amide bonds. The molecule has 11 atom stereocenters. The van der Waals surface area contributed by atoms with E-state index >= 15 is 0 Å². The van der Waals surface area contributed by atoms with E-state index in [1.54, 1.807) is 7.05 Å². The van der Waals surface area contributed by atoms with Gasteiger partial charge >= 0.3 is 0 Å². The van der Waals surface area contributed by atoms with Gasteiger partial charge in [-0.15, -0.1) is 0 Å². The maximum atomic E-state index is 13.5. The van der Waals surface area contributed by atoms with E-state index in [1.165, 1.54) is 0 Å². The summed E-state index contributed by atoms with van der Waals surface area (Å²) >= 11 is 0. The third kappa shape index (κ3) is 3.09. The molecule has 0 heterocycles. The zero-order valence-corrected chi connectivity index (χ0v) is 23.4. The summed E-state index contributed by atoms with van der Waals surface area (Å²) in [7, 11) is 1.78. The molecule has 0 bridgehead atoms. The zero-order valence-electron chi connectivity index (χ0n) is 23.4. The fourth-order valence-corrected chi connectivity index (χ4v) is 11.8. The predicted octanol–water partition coefficient (Wildman–Crippen LogP) is 4.70. The van der Waals surface area contributed by atoms with Crippen LogP contribution in [0.2, 0.25) is 0 Å². The van der Waals surface area contributed by atoms with E-state index in [0.29, 0.717) is 17.8 Å². The van der Waals surface area contributed by atoms with Gasteiger partial charge in [0.15, 0.2) is 0 Å². The van der Waals surface area contributed by atoms with E-state index < -0.39 is 11.5 Å². The van der Waals surface area contributed by atoms with Crippen molar-refractivity contribution in [2.75, 3.05) is 20.3 Å². The second-order valence-electron chi connectivity index (χ2n) is 14.6. The minimum Gasteiger partial charge on any atom is -0.396 e. The van der Waals surface area contributed by atoms with E-state index in [-0.39, 0.29) is 52.6 Å². The largest absolute Gasteiger partial charge is 0.396 e. The number of hydrogen-bond acceptors (Lipinski definition) is 4. The van der Waals surface area contributed by atoms with Gasteiger partial charge in [-0.1, -0.05) is 34.3 Å². The maximum Gasteiger partial charge on any atom is 0.226 e. The molecule has 4 N–H and O–H groups in total. The Bertz CT molecular complexity index is 920. The lowest BCUT2D eigenvalue weighted by atomic mass is 9.32. The van der Waals surface area contributed by atoms with Crippen LogP contribution in [0.25, 0.3) is 0 Å². The highest BCUT2D eigenvalue weighted by atomic mass is 16.3. The fraction of sp³-hybridized carbons (Fsp3) is 0.903. The Balaban J connectivity index is 1.56. The molecule has 2 unspecified atom stereocenters. The highest BCUT2D eigenvalue weighted by Gasteiger charge is 2.72. The lowest BCUT2D eigenvalue weighted by Crippen LogP contribution is -2.68. The first-order chi connectivity index (χ1) is 16.9. The number of hydrogen-bond donors (Lipinski definition) is 4. The second-order valence-corrected chi connectivity index (χ2v) is 14.6. The smallest absolute Gasteiger partial charge is 0.226 e. The van der Waals surface area contributed by atoms with Crippen molar-refractivity contribution in [1.29, 1.82) is 0 Å². The number of carbonyl (C=O) groups is 1. The molecule has 5 aliphatic rings. The van der Waals surface area contributed by atoms with Crippen molar-refractivity contribution in [2.24, 2.45) is 56.7 Å². The van der Waals surface area contributed by atoms with Crippen molar-refractivity contribution in [1.82, 2.24) is 5.32 Å². The van der Waals surface area contributed by atoms with Gasteiger partial charge in [0.1, 0.15) is 0 Å². The van der Waals surface area contributed by atoms with Crippen LogP contribution < -0.4 is 5.32 Å². The average Bonchev–Trinajstić information content (AvgIpc) is 3.26. The Morgan fingerprint density at radius 2 is 1.61 bits per heavy atom. The molecule has 204 valence electrons. The number of aliphatic hydroxyl groups excluding tert-OH is 3. The number of nitrogens with one attached hydrogen (secondary N) is 1. The van der Waals surface area contributed by atoms with Crippen LogP contribution in [0.3, 0.4) is 0 Å². The third-order valence-corrected chi connectivity index (χ3v) is 14.0. The summed E-state index contributed by atoms with van der Waals surface area (Å²) in [6, 6.07) is 0. The second kappa shape index (κ2) is 8.55. The summed E-state index contributed by atoms with van der Waals surface area (Å²) in [6.07, 6.45) is 9.69. The van der Waals surface area contributed by atoms with Crippen LogP contribution in [-0.2, 0) is 4.79 Å². The van der Waals surface area contributed by atoms with Crippen molar-refractivity contribution in [3.05, 3.63) is 12.2 Å². The van der Waals surface area contributed by atoms with Crippen LogP contribution in [0.1, 0.15) is 91.9 Å². The highest BCUT2D eigenvalue weighted by Crippen LogP contribution is 2.77. The van der Waals surface area contributed by atoms with Crippen molar-refractivity contribution >= 4 is 5.91 Å². The summed E-state index contributed by atoms with van der Waals surface area (Å²) in [5, 5.41) is 34.5. The maximum absolute atomic E-state index is 13.5. The average molecular weight is 502 g/mol. The summed E-state index contributed by atoms with van der Waals surface area (Å²) in [5.41, 5.74) is 0.534. The van der Waals surface area contributed by atoms with Crippen LogP contribution >= 0.6 is 0 Å². The summed E-state index contributed by atoms with van der Waals surface area (Å²) in [5.74, 6) is 1.99. The standard InChI is InChI=1S/C31H51NO4/c1-19(17-33)20-9-14-31(26(36)32-6)16-15-29(4)21(25(20)31)7-8-23-27(2)12-11-24(35)28(3,18-34)22(27)10-13-30(23,29)5/h20-25,33-35H,1,7-18H2,2-6H3,(H,32,36)/t20-,21?,22+,23+,24?,25+,27-,28-,29+,30+,31-/m0/s1. The first-order valence-electron chi connectivity index (χ1n) is 14.7. The molecular formula is C31H51NO4. The number of fused-ring (bicyclic) bond motifs is 7. The lowest BCUT2D eigenvalue weighted by molar-refractivity contribution is -0.252. The van der Waals surface area contributed by atoms with Crippen LogP contribution in [0.5, 0.6) is 0 Å². The zero-order chi connectivity index (χ0) is 26.3. The van der Waals surface area contributed by atoms with Gasteiger partial charge < -0.3 is 20.6 Å². The van der Waals surface area contributed by atoms with Crippen LogP contribution in [0, 0.1) is 56.7 Å². The molecule has 5 heteroatoms. The Kier molecular flexibility index (Phi) is 6.34. The van der Waals surface area contributed by atoms with Crippen molar-refractivity contribution in [3.63, 3.8) is 0 Å². The van der Waals surface area contributed by atoms with Crippen molar-refractivity contribution < 1.29 is 20.1 Å². The number of rotatable bonds is 4. The molecule has 0 spiro atoms. The highest BCUT2D eigenvalue weighted by molar-refractivity contribution is 5.83. The van der Waals surface area contributed by atoms with Gasteiger partial charge in [0.25, 0.3) is 0 Å². The van der Waals surface area contributed by atoms with Gasteiger partial charge in [0.2, 0.25) is 5.91 Å². The fourth-order valence-electron chi connectivity index (χ4n) is 11.8. The number of carbonyl (C=O) groups excluding carboxylic acids is 1. The monoisotopic (exact) mass is 501 g/mol. The number of aliphatic hydroxyl groups is 3. The molecule has 5 nitrogen and oxygen atoms in total. The molecule has 5 saturated carbocycles. The van der Waals surface area contributed by atoms with Gasteiger partial charge in [-0.2, -0.15) is 0 Å². The van der Waals surface area contributed by atoms with Crippen LogP contribution in [0.4, 0.5) is 0 Å². The van der Waals surface area contributed by atoms with E-state index in [0.717, 1.165) is 69.8 Å². The van der Waals surface area contributed by atoms with E-state index in [4.69, 9.17) is 0 Å². The molecule has 0 saturated heterocycles. The molecule has 5 rings (SSSR count). The Labute approximate surface area is 218 Å². The minimum absolute atomic E-state index is 0.0101. The molecule has 0 aromatic heterocycles. The predicted molar refractivity (Wildman–Crippen MR) is 142 cm³/mol. The van der Waals surface area contributed by atoms with Gasteiger partial charge in [0, 0.05) is 12.5 Å². The molecule has 0 aromatic rings. The molecule has 5 aliphatic carbocycles. The summed E-state index contributed by atoms with van der Waals surface area (Å²) in [6.45, 7) is 14.1. The minimum atomic E-state index is -0.428. The number of amides is 1. The molecule has 0 radical (unpaired) electrons. The van der Waals surface area contributed by atoms with Gasteiger partial charge in [-0.3, -0.25) is 4.79 Å². The summed E-state index contributed by atoms with van der Waals surface area (Å²) < 4.78 is 0. The third-order valence-electron chi connectivity index (χ3n) is 14.0. The molecule has 36 heavy (non-hydrogen) atoms. The van der Waals surface area contributed by atoms with Crippen LogP contribution in [0.15, 0.2) is 12.2 Å². The molecular weight excluding hydrogens is 450 g/mol. The molecule has 0 aromatic carbocycles. The van der Waals surface area contributed by atoms with E-state index in [9.17, 15) is 20.1 Å². The Morgan fingerprint density at radius 1 is 0.889 bits per heavy atom. The summed E-state index contributed by atoms with van der Waals surface area (Å²) in [4.78, 5) is 13.5. The molecule has 5 fully saturated rings. The van der Waals surface area contributed by atoms with E-state index in [1.807, 2.05) is 0 Å². The van der Waals surface area contributed by atoms with Crippen LogP contribution in [-0.4, -0.2) is 47.6 Å². The van der Waals surface area contributed by atoms with Crippen molar-refractivity contribution in [2.45, 2.75) is 98.0 Å². The Hall–Kier alpha value is -0.910.